The monoisotopic (exact) mass is 312 g/mol. The molecule has 1 nitrogen and oxygen atoms in total. The van der Waals surface area contributed by atoms with Gasteiger partial charge in [0.1, 0.15) is 11.5 Å². The number of aryl methyl sites for hydroxylation is 4. The number of benzene rings is 3. The van der Waals surface area contributed by atoms with E-state index < -0.39 is 0 Å². The molecule has 1 aliphatic rings. The highest BCUT2D eigenvalue weighted by atomic mass is 16.5. The van der Waals surface area contributed by atoms with Gasteiger partial charge in [-0.15, -0.1) is 0 Å². The summed E-state index contributed by atoms with van der Waals surface area (Å²) in [4.78, 5) is 0. The van der Waals surface area contributed by atoms with Gasteiger partial charge in [0.25, 0.3) is 6.71 Å². The summed E-state index contributed by atoms with van der Waals surface area (Å²) in [7, 11) is 0. The third-order valence-corrected chi connectivity index (χ3v) is 5.00. The summed E-state index contributed by atoms with van der Waals surface area (Å²) in [6.45, 7) is 8.94. The van der Waals surface area contributed by atoms with Crippen molar-refractivity contribution in [1.29, 1.82) is 0 Å². The Morgan fingerprint density at radius 3 is 1.67 bits per heavy atom. The largest absolute Gasteiger partial charge is 0.458 e. The first-order valence-corrected chi connectivity index (χ1v) is 8.49. The first-order valence-electron chi connectivity index (χ1n) is 8.49. The van der Waals surface area contributed by atoms with E-state index in [0.29, 0.717) is 0 Å². The van der Waals surface area contributed by atoms with Crippen molar-refractivity contribution in [3.8, 4) is 11.5 Å². The Kier molecular flexibility index (Phi) is 3.49. The molecule has 0 amide bonds. The number of rotatable bonds is 1. The zero-order valence-corrected chi connectivity index (χ0v) is 14.7. The number of hydrogen-bond acceptors (Lipinski definition) is 1. The first-order chi connectivity index (χ1) is 11.5. The van der Waals surface area contributed by atoms with E-state index in [-0.39, 0.29) is 6.71 Å². The van der Waals surface area contributed by atoms with Crippen LogP contribution in [-0.2, 0) is 0 Å². The van der Waals surface area contributed by atoms with Crippen molar-refractivity contribution in [3.05, 3.63) is 76.9 Å². The molecule has 4 rings (SSSR count). The molecule has 0 aromatic heterocycles. The molecule has 0 atom stereocenters. The third-order valence-electron chi connectivity index (χ3n) is 5.00. The predicted octanol–water partition coefficient (Wildman–Crippen LogP) is 3.54. The van der Waals surface area contributed by atoms with Crippen molar-refractivity contribution in [2.75, 3.05) is 0 Å². The molecule has 3 aromatic carbocycles. The summed E-state index contributed by atoms with van der Waals surface area (Å²) in [6, 6.07) is 19.6. The molecule has 0 unspecified atom stereocenters. The number of hydrogen-bond donors (Lipinski definition) is 0. The molecule has 118 valence electrons. The Labute approximate surface area is 144 Å². The lowest BCUT2D eigenvalue weighted by Crippen LogP contribution is -2.56. The molecule has 24 heavy (non-hydrogen) atoms. The number of fused-ring (bicyclic) bond motifs is 2. The molecule has 0 bridgehead atoms. The molecule has 1 aliphatic heterocycles. The van der Waals surface area contributed by atoms with Crippen molar-refractivity contribution < 1.29 is 4.74 Å². The highest BCUT2D eigenvalue weighted by Gasteiger charge is 2.34. The van der Waals surface area contributed by atoms with Crippen LogP contribution < -0.4 is 21.1 Å². The average Bonchev–Trinajstić information content (AvgIpc) is 2.54. The zero-order valence-electron chi connectivity index (χ0n) is 14.7. The van der Waals surface area contributed by atoms with Crippen LogP contribution in [-0.4, -0.2) is 6.71 Å². The molecule has 0 aliphatic carbocycles. The third kappa shape index (κ3) is 2.34. The van der Waals surface area contributed by atoms with Gasteiger partial charge in [-0.25, -0.2) is 0 Å². The predicted molar refractivity (Wildman–Crippen MR) is 103 cm³/mol. The van der Waals surface area contributed by atoms with Crippen LogP contribution in [0, 0.1) is 27.7 Å². The lowest BCUT2D eigenvalue weighted by Gasteiger charge is -2.29. The minimum Gasteiger partial charge on any atom is -0.458 e. The summed E-state index contributed by atoms with van der Waals surface area (Å²) in [6.07, 6.45) is 0. The van der Waals surface area contributed by atoms with Gasteiger partial charge in [0.15, 0.2) is 0 Å². The van der Waals surface area contributed by atoms with Gasteiger partial charge in [0, 0.05) is 0 Å². The molecular formula is C22H21BO. The van der Waals surface area contributed by atoms with Crippen molar-refractivity contribution in [2.24, 2.45) is 0 Å². The van der Waals surface area contributed by atoms with Crippen molar-refractivity contribution in [2.45, 2.75) is 27.7 Å². The second kappa shape index (κ2) is 5.56. The number of ether oxygens (including phenoxy) is 1. The molecule has 0 saturated carbocycles. The molecule has 2 heteroatoms. The quantitative estimate of drug-likeness (QED) is 0.489. The molecule has 0 saturated heterocycles. The van der Waals surface area contributed by atoms with Crippen molar-refractivity contribution >= 4 is 23.1 Å². The highest BCUT2D eigenvalue weighted by molar-refractivity contribution is 6.97. The summed E-state index contributed by atoms with van der Waals surface area (Å²) in [5.41, 5.74) is 9.15. The second-order valence-electron chi connectivity index (χ2n) is 6.92. The lowest BCUT2D eigenvalue weighted by molar-refractivity contribution is 0.487. The Morgan fingerprint density at radius 1 is 0.667 bits per heavy atom. The summed E-state index contributed by atoms with van der Waals surface area (Å²) in [5.74, 6) is 1.95. The van der Waals surface area contributed by atoms with E-state index in [9.17, 15) is 0 Å². The van der Waals surface area contributed by atoms with Crippen LogP contribution in [0.3, 0.4) is 0 Å². The fourth-order valence-corrected chi connectivity index (χ4v) is 3.85. The smallest absolute Gasteiger partial charge is 0.251 e. The maximum atomic E-state index is 6.22. The molecule has 0 N–H and O–H groups in total. The van der Waals surface area contributed by atoms with Gasteiger partial charge >= 0.3 is 0 Å². The Hall–Kier alpha value is -2.48. The van der Waals surface area contributed by atoms with Crippen LogP contribution in [0.25, 0.3) is 0 Å². The molecule has 0 radical (unpaired) electrons. The van der Waals surface area contributed by atoms with E-state index >= 15 is 0 Å². The highest BCUT2D eigenvalue weighted by Crippen LogP contribution is 2.26. The summed E-state index contributed by atoms with van der Waals surface area (Å²) >= 11 is 0. The minimum absolute atomic E-state index is 0.227. The van der Waals surface area contributed by atoms with Gasteiger partial charge in [0.2, 0.25) is 0 Å². The van der Waals surface area contributed by atoms with E-state index in [1.54, 1.807) is 0 Å². The van der Waals surface area contributed by atoms with Crippen LogP contribution in [0.4, 0.5) is 0 Å². The van der Waals surface area contributed by atoms with E-state index in [0.717, 1.165) is 11.5 Å². The maximum absolute atomic E-state index is 6.22. The molecular weight excluding hydrogens is 291 g/mol. The zero-order chi connectivity index (χ0) is 16.8. The van der Waals surface area contributed by atoms with Gasteiger partial charge in [-0.05, 0) is 50.8 Å². The second-order valence-corrected chi connectivity index (χ2v) is 6.92. The van der Waals surface area contributed by atoms with Gasteiger partial charge < -0.3 is 4.74 Å². The normalized spacial score (nSPS) is 12.4. The Balaban J connectivity index is 2.05. The van der Waals surface area contributed by atoms with E-state index in [1.165, 1.54) is 38.6 Å². The Bertz CT molecular complexity index is 871. The van der Waals surface area contributed by atoms with Crippen LogP contribution in [0.2, 0.25) is 0 Å². The van der Waals surface area contributed by atoms with Crippen LogP contribution in [0.1, 0.15) is 22.3 Å². The lowest BCUT2D eigenvalue weighted by atomic mass is 9.34. The van der Waals surface area contributed by atoms with Crippen molar-refractivity contribution in [3.63, 3.8) is 0 Å². The summed E-state index contributed by atoms with van der Waals surface area (Å²) in [5, 5.41) is 0. The van der Waals surface area contributed by atoms with Gasteiger partial charge in [-0.3, -0.25) is 0 Å². The van der Waals surface area contributed by atoms with E-state index in [1.807, 2.05) is 0 Å². The molecule has 3 aromatic rings. The SMILES string of the molecule is Cc1ccc2c(c1)B(c1c(C)cccc1C)c1cc(C)ccc1O2. The van der Waals surface area contributed by atoms with E-state index in [4.69, 9.17) is 4.74 Å². The standard InChI is InChI=1S/C22H21BO/c1-14-8-10-20-18(12-14)23(22-16(3)6-5-7-17(22)4)19-13-15(2)9-11-21(19)24-20/h5-13H,1-4H3. The van der Waals surface area contributed by atoms with E-state index in [2.05, 4.69) is 82.3 Å². The fraction of sp³-hybridized carbons (Fsp3) is 0.182. The molecule has 0 fully saturated rings. The topological polar surface area (TPSA) is 9.23 Å². The maximum Gasteiger partial charge on any atom is 0.251 e. The molecule has 1 heterocycles. The summed E-state index contributed by atoms with van der Waals surface area (Å²) < 4.78 is 6.22. The van der Waals surface area contributed by atoms with Gasteiger partial charge in [0.05, 0.1) is 0 Å². The van der Waals surface area contributed by atoms with Crippen molar-refractivity contribution in [1.82, 2.24) is 0 Å². The van der Waals surface area contributed by atoms with Gasteiger partial charge in [-0.1, -0.05) is 70.2 Å². The van der Waals surface area contributed by atoms with Crippen LogP contribution in [0.15, 0.2) is 54.6 Å². The van der Waals surface area contributed by atoms with Crippen LogP contribution >= 0.6 is 0 Å². The van der Waals surface area contributed by atoms with Gasteiger partial charge in [-0.2, -0.15) is 0 Å². The Morgan fingerprint density at radius 2 is 1.17 bits per heavy atom. The minimum atomic E-state index is 0.227. The average molecular weight is 312 g/mol. The first kappa shape index (κ1) is 15.1. The fourth-order valence-electron chi connectivity index (χ4n) is 3.85. The van der Waals surface area contributed by atoms with Crippen LogP contribution in [0.5, 0.6) is 11.5 Å². The molecule has 0 spiro atoms.